The highest BCUT2D eigenvalue weighted by atomic mass is 16.5. The second-order valence-corrected chi connectivity index (χ2v) is 7.30. The van der Waals surface area contributed by atoms with E-state index in [2.05, 4.69) is 48.5 Å². The van der Waals surface area contributed by atoms with Crippen molar-refractivity contribution in [1.82, 2.24) is 0 Å². The number of hydrogen-bond donors (Lipinski definition) is 0. The minimum absolute atomic E-state index is 0.0343. The Hall–Kier alpha value is -3.07. The van der Waals surface area contributed by atoms with Crippen molar-refractivity contribution < 1.29 is 14.3 Å². The van der Waals surface area contributed by atoms with Gasteiger partial charge in [0.25, 0.3) is 0 Å². The summed E-state index contributed by atoms with van der Waals surface area (Å²) in [5.41, 5.74) is 4.34. The Labute approximate surface area is 165 Å². The number of rotatable bonds is 6. The summed E-state index contributed by atoms with van der Waals surface area (Å²) in [5, 5.41) is 0. The van der Waals surface area contributed by atoms with Gasteiger partial charge in [-0.25, -0.2) is 4.79 Å². The van der Waals surface area contributed by atoms with Crippen molar-refractivity contribution in [1.29, 1.82) is 0 Å². The fraction of sp³-hybridized carbons (Fsp3) is 0.240. The number of methoxy groups -OCH3 is 1. The number of carbonyl (C=O) groups excluding carboxylic acids is 1. The van der Waals surface area contributed by atoms with Crippen molar-refractivity contribution in [2.45, 2.75) is 31.3 Å². The van der Waals surface area contributed by atoms with Gasteiger partial charge in [-0.2, -0.15) is 0 Å². The highest BCUT2D eigenvalue weighted by Crippen LogP contribution is 2.49. The van der Waals surface area contributed by atoms with Crippen molar-refractivity contribution in [3.05, 3.63) is 101 Å². The van der Waals surface area contributed by atoms with Gasteiger partial charge in [0.2, 0.25) is 0 Å². The summed E-state index contributed by atoms with van der Waals surface area (Å²) >= 11 is 0. The molecule has 0 amide bonds. The van der Waals surface area contributed by atoms with E-state index in [0.29, 0.717) is 12.2 Å². The van der Waals surface area contributed by atoms with Crippen LogP contribution in [-0.2, 0) is 16.8 Å². The first-order chi connectivity index (χ1) is 13.7. The average Bonchev–Trinajstić information content (AvgIpc) is 2.73. The summed E-state index contributed by atoms with van der Waals surface area (Å²) in [7, 11) is 1.41. The summed E-state index contributed by atoms with van der Waals surface area (Å²) in [6.45, 7) is 0.570. The first kappa shape index (κ1) is 18.3. The molecule has 28 heavy (non-hydrogen) atoms. The molecule has 1 aliphatic rings. The van der Waals surface area contributed by atoms with Gasteiger partial charge >= 0.3 is 5.97 Å². The van der Waals surface area contributed by atoms with E-state index < -0.39 is 0 Å². The van der Waals surface area contributed by atoms with Gasteiger partial charge in [0.15, 0.2) is 0 Å². The fourth-order valence-electron chi connectivity index (χ4n) is 3.93. The van der Waals surface area contributed by atoms with Crippen LogP contribution >= 0.6 is 0 Å². The molecule has 1 aliphatic carbocycles. The zero-order valence-corrected chi connectivity index (χ0v) is 16.1. The monoisotopic (exact) mass is 372 g/mol. The van der Waals surface area contributed by atoms with Gasteiger partial charge in [0.1, 0.15) is 12.4 Å². The number of hydrogen-bond acceptors (Lipinski definition) is 3. The minimum atomic E-state index is -0.297. The minimum Gasteiger partial charge on any atom is -0.489 e. The maximum Gasteiger partial charge on any atom is 0.337 e. The maximum atomic E-state index is 11.7. The zero-order valence-electron chi connectivity index (χ0n) is 16.1. The summed E-state index contributed by atoms with van der Waals surface area (Å²) < 4.78 is 10.7. The van der Waals surface area contributed by atoms with E-state index in [-0.39, 0.29) is 11.4 Å². The Kier molecular flexibility index (Phi) is 5.16. The Morgan fingerprint density at radius 1 is 0.857 bits per heavy atom. The van der Waals surface area contributed by atoms with Crippen LogP contribution in [0.3, 0.4) is 0 Å². The summed E-state index contributed by atoms with van der Waals surface area (Å²) in [6, 6.07) is 26.5. The number of benzene rings is 3. The molecule has 0 saturated heterocycles. The summed E-state index contributed by atoms with van der Waals surface area (Å²) in [4.78, 5) is 11.7. The molecule has 4 rings (SSSR count). The van der Waals surface area contributed by atoms with E-state index in [0.717, 1.165) is 24.2 Å². The fourth-order valence-corrected chi connectivity index (χ4v) is 3.93. The van der Waals surface area contributed by atoms with E-state index >= 15 is 0 Å². The molecule has 0 radical (unpaired) electrons. The average molecular weight is 372 g/mol. The van der Waals surface area contributed by atoms with Gasteiger partial charge in [0.05, 0.1) is 12.7 Å². The van der Waals surface area contributed by atoms with Crippen molar-refractivity contribution >= 4 is 5.97 Å². The third-order valence-electron chi connectivity index (χ3n) is 5.72. The molecule has 3 aromatic carbocycles. The topological polar surface area (TPSA) is 35.5 Å². The molecular weight excluding hydrogens is 348 g/mol. The van der Waals surface area contributed by atoms with Gasteiger partial charge in [-0.1, -0.05) is 61.0 Å². The molecule has 0 aliphatic heterocycles. The third-order valence-corrected chi connectivity index (χ3v) is 5.72. The molecule has 0 spiro atoms. The molecule has 0 N–H and O–H groups in total. The number of esters is 1. The lowest BCUT2D eigenvalue weighted by atomic mass is 9.60. The molecule has 1 saturated carbocycles. The first-order valence-corrected chi connectivity index (χ1v) is 9.67. The molecule has 1 fully saturated rings. The molecule has 0 heterocycles. The molecule has 0 atom stereocenters. The van der Waals surface area contributed by atoms with Crippen LogP contribution in [0.5, 0.6) is 5.75 Å². The van der Waals surface area contributed by atoms with Crippen LogP contribution < -0.4 is 4.74 Å². The highest BCUT2D eigenvalue weighted by Gasteiger charge is 2.40. The van der Waals surface area contributed by atoms with Crippen LogP contribution in [0.1, 0.15) is 46.3 Å². The highest BCUT2D eigenvalue weighted by molar-refractivity contribution is 5.89. The Morgan fingerprint density at radius 2 is 1.46 bits per heavy atom. The Morgan fingerprint density at radius 3 is 2.00 bits per heavy atom. The molecule has 0 bridgehead atoms. The lowest BCUT2D eigenvalue weighted by molar-refractivity contribution is 0.0600. The molecule has 142 valence electrons. The second kappa shape index (κ2) is 7.89. The largest absolute Gasteiger partial charge is 0.489 e. The molecular formula is C25H24O3. The SMILES string of the molecule is COC(=O)c1ccc(C2(c3ccc(OCc4ccccc4)cc3)CCC2)cc1. The van der Waals surface area contributed by atoms with Crippen LogP contribution in [0.15, 0.2) is 78.9 Å². The third kappa shape index (κ3) is 3.53. The standard InChI is InChI=1S/C25H24O3/c1-27-24(26)20-8-10-21(11-9-20)25(16-5-17-25)22-12-14-23(15-13-22)28-18-19-6-3-2-4-7-19/h2-4,6-15H,5,16-18H2,1H3. The smallest absolute Gasteiger partial charge is 0.337 e. The molecule has 0 unspecified atom stereocenters. The van der Waals surface area contributed by atoms with Crippen LogP contribution in [0.2, 0.25) is 0 Å². The Balaban J connectivity index is 1.51. The van der Waals surface area contributed by atoms with Gasteiger partial charge in [-0.15, -0.1) is 0 Å². The van der Waals surface area contributed by atoms with Gasteiger partial charge in [-0.3, -0.25) is 0 Å². The first-order valence-electron chi connectivity index (χ1n) is 9.67. The van der Waals surface area contributed by atoms with Crippen molar-refractivity contribution in [3.63, 3.8) is 0 Å². The number of ether oxygens (including phenoxy) is 2. The van der Waals surface area contributed by atoms with Crippen LogP contribution in [0, 0.1) is 0 Å². The van der Waals surface area contributed by atoms with Gasteiger partial charge < -0.3 is 9.47 Å². The molecule has 3 aromatic rings. The van der Waals surface area contributed by atoms with Gasteiger partial charge in [-0.05, 0) is 53.8 Å². The lowest BCUT2D eigenvalue weighted by Crippen LogP contribution is -2.35. The number of carbonyl (C=O) groups is 1. The van der Waals surface area contributed by atoms with Crippen molar-refractivity contribution in [2.75, 3.05) is 7.11 Å². The van der Waals surface area contributed by atoms with E-state index in [9.17, 15) is 4.79 Å². The molecule has 3 heteroatoms. The predicted octanol–water partition coefficient (Wildman–Crippen LogP) is 5.52. The maximum absolute atomic E-state index is 11.7. The van der Waals surface area contributed by atoms with E-state index in [1.807, 2.05) is 30.3 Å². The van der Waals surface area contributed by atoms with Crippen molar-refractivity contribution in [2.24, 2.45) is 0 Å². The van der Waals surface area contributed by atoms with Crippen LogP contribution in [0.4, 0.5) is 0 Å². The normalized spacial score (nSPS) is 14.8. The zero-order chi connectivity index (χ0) is 19.4. The quantitative estimate of drug-likeness (QED) is 0.534. The van der Waals surface area contributed by atoms with Gasteiger partial charge in [0, 0.05) is 5.41 Å². The second-order valence-electron chi connectivity index (χ2n) is 7.30. The van der Waals surface area contributed by atoms with E-state index in [4.69, 9.17) is 9.47 Å². The van der Waals surface area contributed by atoms with Crippen LogP contribution in [-0.4, -0.2) is 13.1 Å². The molecule has 3 nitrogen and oxygen atoms in total. The Bertz CT molecular complexity index is 924. The van der Waals surface area contributed by atoms with Crippen LogP contribution in [0.25, 0.3) is 0 Å². The van der Waals surface area contributed by atoms with Crippen molar-refractivity contribution in [3.8, 4) is 5.75 Å². The summed E-state index contributed by atoms with van der Waals surface area (Å²) in [5.74, 6) is 0.581. The van der Waals surface area contributed by atoms with E-state index in [1.165, 1.54) is 24.7 Å². The summed E-state index contributed by atoms with van der Waals surface area (Å²) in [6.07, 6.45) is 3.45. The predicted molar refractivity (Wildman–Crippen MR) is 110 cm³/mol. The molecule has 0 aromatic heterocycles. The van der Waals surface area contributed by atoms with E-state index in [1.54, 1.807) is 0 Å². The lowest BCUT2D eigenvalue weighted by Gasteiger charge is -2.43.